The number of hydrogen-bond donors (Lipinski definition) is 0. The minimum absolute atomic E-state index is 0.176. The molecule has 0 unspecified atom stereocenters. The van der Waals surface area contributed by atoms with E-state index in [9.17, 15) is 18.0 Å². The molecule has 0 saturated heterocycles. The van der Waals surface area contributed by atoms with Gasteiger partial charge in [-0.3, -0.25) is 4.79 Å². The summed E-state index contributed by atoms with van der Waals surface area (Å²) in [4.78, 5) is 13.4. The van der Waals surface area contributed by atoms with Gasteiger partial charge in [0.25, 0.3) is 0 Å². The number of carbonyl (C=O) groups excluding carboxylic acids is 1. The van der Waals surface area contributed by atoms with E-state index in [0.29, 0.717) is 6.54 Å². The minimum atomic E-state index is -4.54. The van der Waals surface area contributed by atoms with Gasteiger partial charge in [0, 0.05) is 11.4 Å². The topological polar surface area (TPSA) is 42.7 Å². The molecule has 4 aromatic carbocycles. The van der Waals surface area contributed by atoms with Crippen molar-refractivity contribution in [2.75, 3.05) is 7.11 Å². The van der Waals surface area contributed by atoms with Crippen LogP contribution in [-0.2, 0) is 34.2 Å². The van der Waals surface area contributed by atoms with Gasteiger partial charge in [0.05, 0.1) is 19.1 Å². The monoisotopic (exact) mass is 603 g/mol. The number of esters is 1. The molecule has 0 radical (unpaired) electrons. The Morgan fingerprint density at radius 1 is 0.860 bits per heavy atom. The number of hydrogen-bond acceptors (Lipinski definition) is 5. The van der Waals surface area contributed by atoms with Gasteiger partial charge in [0.1, 0.15) is 5.76 Å². The van der Waals surface area contributed by atoms with Gasteiger partial charge in [-0.2, -0.15) is 13.2 Å². The van der Waals surface area contributed by atoms with Crippen LogP contribution in [-0.4, -0.2) is 17.4 Å². The summed E-state index contributed by atoms with van der Waals surface area (Å²) in [6.45, 7) is 6.34. The van der Waals surface area contributed by atoms with Crippen molar-refractivity contribution < 1.29 is 27.1 Å². The first kappa shape index (κ1) is 30.4. The molecule has 0 spiro atoms. The maximum Gasteiger partial charge on any atom is 0.449 e. The maximum absolute atomic E-state index is 13.2. The molecule has 0 N–H and O–H groups in total. The number of nitrogens with zero attached hydrogens (tertiary/aromatic N) is 1. The molecule has 222 valence electrons. The third-order valence-corrected chi connectivity index (χ3v) is 8.74. The standard InChI is InChI=1S/C35H32F3NO3S/c1-23-12-15-26-8-5-6-11-30(26)32(23)43-39(22-29-18-19-31(42-29)35(36,37)38)21-24-13-16-25(17-14-24)27-9-7-10-28(20-27)34(2,3)33(40)41-4/h5-20H,21-22H2,1-4H3. The van der Waals surface area contributed by atoms with Gasteiger partial charge >= 0.3 is 12.1 Å². The van der Waals surface area contributed by atoms with Crippen LogP contribution >= 0.6 is 11.9 Å². The van der Waals surface area contributed by atoms with Crippen LogP contribution in [0.4, 0.5) is 13.2 Å². The lowest BCUT2D eigenvalue weighted by atomic mass is 9.83. The van der Waals surface area contributed by atoms with Crippen LogP contribution in [0.25, 0.3) is 21.9 Å². The Hall–Kier alpha value is -4.01. The molecule has 8 heteroatoms. The highest BCUT2D eigenvalue weighted by molar-refractivity contribution is 7.97. The second-order valence-corrected chi connectivity index (χ2v) is 12.1. The number of benzene rings is 4. The van der Waals surface area contributed by atoms with Gasteiger partial charge < -0.3 is 9.15 Å². The number of halogens is 3. The van der Waals surface area contributed by atoms with E-state index in [1.54, 1.807) is 0 Å². The summed E-state index contributed by atoms with van der Waals surface area (Å²) in [5, 5.41) is 2.17. The van der Waals surface area contributed by atoms with E-state index in [1.807, 2.05) is 91.8 Å². The van der Waals surface area contributed by atoms with Crippen molar-refractivity contribution in [2.45, 2.75) is 50.3 Å². The summed E-state index contributed by atoms with van der Waals surface area (Å²) in [6.07, 6.45) is -4.54. The second kappa shape index (κ2) is 12.3. The van der Waals surface area contributed by atoms with Crippen LogP contribution in [0, 0.1) is 6.92 Å². The molecular formula is C35H32F3NO3S. The Morgan fingerprint density at radius 3 is 2.30 bits per heavy atom. The number of methoxy groups -OCH3 is 1. The molecule has 0 aliphatic heterocycles. The molecule has 5 aromatic rings. The van der Waals surface area contributed by atoms with Crippen LogP contribution in [0.2, 0.25) is 0 Å². The first-order chi connectivity index (χ1) is 20.5. The lowest BCUT2D eigenvalue weighted by Crippen LogP contribution is -2.30. The predicted molar refractivity (Wildman–Crippen MR) is 164 cm³/mol. The number of ether oxygens (including phenoxy) is 1. The second-order valence-electron chi connectivity index (χ2n) is 11.0. The Bertz CT molecular complexity index is 1740. The third kappa shape index (κ3) is 6.81. The van der Waals surface area contributed by atoms with Crippen molar-refractivity contribution in [3.63, 3.8) is 0 Å². The molecule has 0 saturated carbocycles. The van der Waals surface area contributed by atoms with E-state index in [0.717, 1.165) is 49.6 Å². The van der Waals surface area contributed by atoms with Crippen LogP contribution in [0.5, 0.6) is 0 Å². The van der Waals surface area contributed by atoms with E-state index >= 15 is 0 Å². The molecule has 43 heavy (non-hydrogen) atoms. The minimum Gasteiger partial charge on any atom is -0.468 e. The highest BCUT2D eigenvalue weighted by atomic mass is 32.2. The SMILES string of the molecule is COC(=O)C(C)(C)c1cccc(-c2ccc(CN(Cc3ccc(C(F)(F)F)o3)Sc3c(C)ccc4ccccc34)cc2)c1. The van der Waals surface area contributed by atoms with Gasteiger partial charge in [0.15, 0.2) is 0 Å². The van der Waals surface area contributed by atoms with E-state index in [4.69, 9.17) is 9.15 Å². The van der Waals surface area contributed by atoms with Crippen molar-refractivity contribution in [3.8, 4) is 11.1 Å². The summed E-state index contributed by atoms with van der Waals surface area (Å²) in [5.41, 5.74) is 4.08. The molecule has 0 aliphatic rings. The number of rotatable bonds is 9. The molecule has 0 aliphatic carbocycles. The third-order valence-electron chi connectivity index (χ3n) is 7.50. The average molecular weight is 604 g/mol. The Labute approximate surface area is 253 Å². The predicted octanol–water partition coefficient (Wildman–Crippen LogP) is 9.59. The number of aryl methyl sites for hydroxylation is 1. The smallest absolute Gasteiger partial charge is 0.449 e. The van der Waals surface area contributed by atoms with Crippen LogP contribution in [0.3, 0.4) is 0 Å². The fraction of sp³-hybridized carbons (Fsp3) is 0.229. The van der Waals surface area contributed by atoms with Crippen molar-refractivity contribution >= 4 is 28.7 Å². The highest BCUT2D eigenvalue weighted by Gasteiger charge is 2.35. The van der Waals surface area contributed by atoms with Crippen molar-refractivity contribution in [2.24, 2.45) is 0 Å². The first-order valence-electron chi connectivity index (χ1n) is 13.8. The van der Waals surface area contributed by atoms with Gasteiger partial charge in [-0.1, -0.05) is 84.9 Å². The number of fused-ring (bicyclic) bond motifs is 1. The van der Waals surface area contributed by atoms with Crippen LogP contribution in [0.15, 0.2) is 106 Å². The molecule has 5 rings (SSSR count). The Kier molecular flexibility index (Phi) is 8.71. The van der Waals surface area contributed by atoms with Crippen molar-refractivity contribution in [1.29, 1.82) is 0 Å². The van der Waals surface area contributed by atoms with Crippen molar-refractivity contribution in [3.05, 3.63) is 125 Å². The fourth-order valence-electron chi connectivity index (χ4n) is 4.98. The highest BCUT2D eigenvalue weighted by Crippen LogP contribution is 2.37. The van der Waals surface area contributed by atoms with Gasteiger partial charge in [-0.25, -0.2) is 4.31 Å². The van der Waals surface area contributed by atoms with Crippen LogP contribution < -0.4 is 0 Å². The summed E-state index contributed by atoms with van der Waals surface area (Å²) in [7, 11) is 1.39. The van der Waals surface area contributed by atoms with E-state index < -0.39 is 17.4 Å². The molecule has 0 bridgehead atoms. The summed E-state index contributed by atoms with van der Waals surface area (Å²) >= 11 is 1.51. The largest absolute Gasteiger partial charge is 0.468 e. The van der Waals surface area contributed by atoms with Crippen LogP contribution in [0.1, 0.15) is 42.1 Å². The summed E-state index contributed by atoms with van der Waals surface area (Å²) in [6, 6.07) is 30.4. The zero-order valence-corrected chi connectivity index (χ0v) is 25.2. The summed E-state index contributed by atoms with van der Waals surface area (Å²) in [5.74, 6) is -1.08. The lowest BCUT2D eigenvalue weighted by molar-refractivity contribution is -0.153. The first-order valence-corrected chi connectivity index (χ1v) is 14.6. The van der Waals surface area contributed by atoms with Gasteiger partial charge in [-0.05, 0) is 83.4 Å². The fourth-order valence-corrected chi connectivity index (χ4v) is 6.14. The summed E-state index contributed by atoms with van der Waals surface area (Å²) < 4.78 is 52.0. The van der Waals surface area contributed by atoms with E-state index in [2.05, 4.69) is 18.2 Å². The van der Waals surface area contributed by atoms with E-state index in [-0.39, 0.29) is 18.3 Å². The molecule has 4 nitrogen and oxygen atoms in total. The average Bonchev–Trinajstić information content (AvgIpc) is 3.48. The quantitative estimate of drug-likeness (QED) is 0.124. The molecule has 0 fully saturated rings. The van der Waals surface area contributed by atoms with Gasteiger partial charge in [-0.15, -0.1) is 0 Å². The normalized spacial score (nSPS) is 12.2. The maximum atomic E-state index is 13.2. The lowest BCUT2D eigenvalue weighted by Gasteiger charge is -2.23. The Balaban J connectivity index is 1.43. The molecule has 1 aromatic heterocycles. The molecular weight excluding hydrogens is 571 g/mol. The van der Waals surface area contributed by atoms with E-state index in [1.165, 1.54) is 25.1 Å². The number of carbonyl (C=O) groups is 1. The number of furan rings is 1. The zero-order chi connectivity index (χ0) is 30.8. The Morgan fingerprint density at radius 2 is 1.60 bits per heavy atom. The zero-order valence-electron chi connectivity index (χ0n) is 24.4. The van der Waals surface area contributed by atoms with Crippen molar-refractivity contribution in [1.82, 2.24) is 4.31 Å². The molecule has 1 heterocycles. The molecule has 0 amide bonds. The molecule has 0 atom stereocenters. The van der Waals surface area contributed by atoms with Gasteiger partial charge in [0.2, 0.25) is 5.76 Å². The number of alkyl halides is 3.